The molecule has 0 amide bonds. The first-order chi connectivity index (χ1) is 7.77. The fourth-order valence-corrected chi connectivity index (χ4v) is 1.60. The minimum Gasteiger partial charge on any atom is -0.292 e. The zero-order valence-corrected chi connectivity index (χ0v) is 9.73. The summed E-state index contributed by atoms with van der Waals surface area (Å²) in [6.45, 7) is 14.2. The molecule has 1 aromatic carbocycles. The van der Waals surface area contributed by atoms with E-state index in [0.29, 0.717) is 0 Å². The second kappa shape index (κ2) is 6.81. The molecule has 0 aromatic heterocycles. The van der Waals surface area contributed by atoms with Crippen LogP contribution >= 0.6 is 0 Å². The Morgan fingerprint density at radius 3 is 2.12 bits per heavy atom. The number of benzene rings is 1. The van der Waals surface area contributed by atoms with Gasteiger partial charge in [-0.15, -0.1) is 13.2 Å². The fourth-order valence-electron chi connectivity index (χ4n) is 1.60. The lowest BCUT2D eigenvalue weighted by Gasteiger charge is -2.20. The quantitative estimate of drug-likeness (QED) is 0.628. The van der Waals surface area contributed by atoms with Crippen LogP contribution in [0.15, 0.2) is 62.2 Å². The van der Waals surface area contributed by atoms with Gasteiger partial charge in [0, 0.05) is 19.6 Å². The van der Waals surface area contributed by atoms with Crippen molar-refractivity contribution < 1.29 is 0 Å². The first kappa shape index (κ1) is 12.5. The van der Waals surface area contributed by atoms with Crippen LogP contribution in [0.25, 0.3) is 5.57 Å². The Bertz CT molecular complexity index is 341. The summed E-state index contributed by atoms with van der Waals surface area (Å²) in [6, 6.07) is 10.3. The van der Waals surface area contributed by atoms with Crippen molar-refractivity contribution >= 4 is 5.57 Å². The minimum atomic E-state index is 0.849. The molecule has 0 heterocycles. The van der Waals surface area contributed by atoms with E-state index in [1.165, 1.54) is 5.56 Å². The van der Waals surface area contributed by atoms with Crippen molar-refractivity contribution in [3.63, 3.8) is 0 Å². The molecule has 84 valence electrons. The highest BCUT2D eigenvalue weighted by Crippen LogP contribution is 2.13. The van der Waals surface area contributed by atoms with Crippen LogP contribution in [0, 0.1) is 0 Å². The van der Waals surface area contributed by atoms with Crippen molar-refractivity contribution in [3.8, 4) is 0 Å². The normalized spacial score (nSPS) is 10.1. The molecule has 0 radical (unpaired) electrons. The highest BCUT2D eigenvalue weighted by molar-refractivity contribution is 5.64. The van der Waals surface area contributed by atoms with E-state index in [2.05, 4.69) is 36.8 Å². The average Bonchev–Trinajstić information content (AvgIpc) is 2.31. The molecule has 1 nitrogen and oxygen atoms in total. The Hall–Kier alpha value is -1.60. The molecule has 16 heavy (non-hydrogen) atoms. The molecule has 1 rings (SSSR count). The lowest BCUT2D eigenvalue weighted by Crippen LogP contribution is -2.25. The van der Waals surface area contributed by atoms with E-state index < -0.39 is 0 Å². The van der Waals surface area contributed by atoms with Crippen molar-refractivity contribution in [2.75, 3.05) is 19.6 Å². The predicted octanol–water partition coefficient (Wildman–Crippen LogP) is 3.37. The molecule has 0 aliphatic rings. The van der Waals surface area contributed by atoms with Crippen LogP contribution in [0.2, 0.25) is 0 Å². The summed E-state index contributed by atoms with van der Waals surface area (Å²) in [6.07, 6.45) is 3.81. The number of hydrogen-bond donors (Lipinski definition) is 0. The molecule has 0 atom stereocenters. The van der Waals surface area contributed by atoms with E-state index in [1.54, 1.807) is 0 Å². The van der Waals surface area contributed by atoms with E-state index in [4.69, 9.17) is 0 Å². The van der Waals surface area contributed by atoms with Crippen LogP contribution in [-0.4, -0.2) is 24.5 Å². The maximum absolute atomic E-state index is 4.12. The maximum atomic E-state index is 4.12. The third-order valence-electron chi connectivity index (χ3n) is 2.37. The van der Waals surface area contributed by atoms with Crippen molar-refractivity contribution in [2.24, 2.45) is 0 Å². The standard InChI is InChI=1S/C15H19N/c1-4-11-16(12-5-2)13-14(3)15-9-7-6-8-10-15/h4-10H,1-3,11-13H2. The van der Waals surface area contributed by atoms with Gasteiger partial charge < -0.3 is 0 Å². The van der Waals surface area contributed by atoms with Crippen LogP contribution in [-0.2, 0) is 0 Å². The second-order valence-corrected chi connectivity index (χ2v) is 3.74. The molecule has 0 aliphatic heterocycles. The lowest BCUT2D eigenvalue weighted by molar-refractivity contribution is 0.379. The zero-order chi connectivity index (χ0) is 11.8. The summed E-state index contributed by atoms with van der Waals surface area (Å²) < 4.78 is 0. The molecule has 0 saturated heterocycles. The van der Waals surface area contributed by atoms with Crippen LogP contribution in [0.1, 0.15) is 5.56 Å². The fraction of sp³-hybridized carbons (Fsp3) is 0.200. The van der Waals surface area contributed by atoms with E-state index in [-0.39, 0.29) is 0 Å². The van der Waals surface area contributed by atoms with Gasteiger partial charge in [0.15, 0.2) is 0 Å². The Labute approximate surface area is 98.4 Å². The Morgan fingerprint density at radius 1 is 1.06 bits per heavy atom. The number of rotatable bonds is 7. The molecule has 0 saturated carbocycles. The zero-order valence-electron chi connectivity index (χ0n) is 9.73. The Morgan fingerprint density at radius 2 is 1.62 bits per heavy atom. The minimum absolute atomic E-state index is 0.849. The summed E-state index contributed by atoms with van der Waals surface area (Å²) in [5, 5.41) is 0. The van der Waals surface area contributed by atoms with Gasteiger partial charge in [0.25, 0.3) is 0 Å². The SMILES string of the molecule is C=CCN(CC=C)CC(=C)c1ccccc1. The second-order valence-electron chi connectivity index (χ2n) is 3.74. The van der Waals surface area contributed by atoms with Crippen LogP contribution in [0.3, 0.4) is 0 Å². The van der Waals surface area contributed by atoms with Gasteiger partial charge in [0.05, 0.1) is 0 Å². The molecular formula is C15H19N. The van der Waals surface area contributed by atoms with E-state index in [1.807, 2.05) is 30.4 Å². The van der Waals surface area contributed by atoms with Crippen molar-refractivity contribution in [1.29, 1.82) is 0 Å². The van der Waals surface area contributed by atoms with Gasteiger partial charge in [0.1, 0.15) is 0 Å². The van der Waals surface area contributed by atoms with Gasteiger partial charge in [-0.3, -0.25) is 4.90 Å². The summed E-state index contributed by atoms with van der Waals surface area (Å²) >= 11 is 0. The molecule has 0 spiro atoms. The highest BCUT2D eigenvalue weighted by Gasteiger charge is 2.04. The van der Waals surface area contributed by atoms with Gasteiger partial charge in [-0.25, -0.2) is 0 Å². The Balaban J connectivity index is 2.61. The van der Waals surface area contributed by atoms with Crippen molar-refractivity contribution in [2.45, 2.75) is 0 Å². The lowest BCUT2D eigenvalue weighted by atomic mass is 10.1. The summed E-state index contributed by atoms with van der Waals surface area (Å²) in [5.74, 6) is 0. The summed E-state index contributed by atoms with van der Waals surface area (Å²) in [7, 11) is 0. The van der Waals surface area contributed by atoms with Crippen molar-refractivity contribution in [3.05, 3.63) is 67.8 Å². The third kappa shape index (κ3) is 3.87. The summed E-state index contributed by atoms with van der Waals surface area (Å²) in [5.41, 5.74) is 2.32. The van der Waals surface area contributed by atoms with E-state index in [9.17, 15) is 0 Å². The average molecular weight is 213 g/mol. The first-order valence-electron chi connectivity index (χ1n) is 5.45. The highest BCUT2D eigenvalue weighted by atomic mass is 15.1. The topological polar surface area (TPSA) is 3.24 Å². The van der Waals surface area contributed by atoms with Crippen molar-refractivity contribution in [1.82, 2.24) is 4.90 Å². The molecule has 0 aliphatic carbocycles. The third-order valence-corrected chi connectivity index (χ3v) is 2.37. The van der Waals surface area contributed by atoms with Gasteiger partial charge in [-0.1, -0.05) is 49.1 Å². The Kier molecular flexibility index (Phi) is 5.30. The van der Waals surface area contributed by atoms with E-state index in [0.717, 1.165) is 25.2 Å². The van der Waals surface area contributed by atoms with Gasteiger partial charge in [0.2, 0.25) is 0 Å². The molecule has 1 aromatic rings. The van der Waals surface area contributed by atoms with Gasteiger partial charge in [-0.05, 0) is 11.1 Å². The van der Waals surface area contributed by atoms with E-state index >= 15 is 0 Å². The smallest absolute Gasteiger partial charge is 0.0240 e. The molecule has 1 heteroatoms. The van der Waals surface area contributed by atoms with Crippen LogP contribution < -0.4 is 0 Å². The largest absolute Gasteiger partial charge is 0.292 e. The molecule has 0 fully saturated rings. The number of hydrogen-bond acceptors (Lipinski definition) is 1. The number of nitrogens with zero attached hydrogens (tertiary/aromatic N) is 1. The van der Waals surface area contributed by atoms with Crippen LogP contribution in [0.4, 0.5) is 0 Å². The molecular weight excluding hydrogens is 194 g/mol. The maximum Gasteiger partial charge on any atom is 0.0240 e. The summed E-state index contributed by atoms with van der Waals surface area (Å²) in [4.78, 5) is 2.25. The van der Waals surface area contributed by atoms with Gasteiger partial charge in [-0.2, -0.15) is 0 Å². The molecule has 0 unspecified atom stereocenters. The monoisotopic (exact) mass is 213 g/mol. The molecule has 0 N–H and O–H groups in total. The first-order valence-corrected chi connectivity index (χ1v) is 5.45. The van der Waals surface area contributed by atoms with Gasteiger partial charge >= 0.3 is 0 Å². The molecule has 0 bridgehead atoms. The predicted molar refractivity (Wildman–Crippen MR) is 72.3 cm³/mol. The van der Waals surface area contributed by atoms with Crippen LogP contribution in [0.5, 0.6) is 0 Å².